The Morgan fingerprint density at radius 2 is 1.29 bits per heavy atom. The maximum absolute atomic E-state index is 13.6. The van der Waals surface area contributed by atoms with Crippen molar-refractivity contribution in [2.45, 2.75) is 76.5 Å². The highest BCUT2D eigenvalue weighted by Gasteiger charge is 2.31. The molecule has 0 radical (unpaired) electrons. The predicted octanol–water partition coefficient (Wildman–Crippen LogP) is 1.22. The quantitative estimate of drug-likeness (QED) is 0.138. The molecule has 5 unspecified atom stereocenters. The standard InChI is InChI=1S/C30H43N5O6/c1-3-19(2)26(32)29(39)35-25(18-21-12-14-22(36)15-13-21)28(38)34-24(17-20-9-5-4-6-10-20)27(37)33-23(30(40)41)11-7-8-16-31/h4-6,9-10,12-15,19,23-26,36H,3,7-8,11,16-18,31-32H2,1-2H3,(H,33,37)(H,34,38)(H,35,39)(H,40,41). The van der Waals surface area contributed by atoms with E-state index in [0.29, 0.717) is 31.4 Å². The summed E-state index contributed by atoms with van der Waals surface area (Å²) < 4.78 is 0. The Morgan fingerprint density at radius 3 is 1.80 bits per heavy atom. The number of hydrogen-bond donors (Lipinski definition) is 7. The minimum atomic E-state index is -1.18. The van der Waals surface area contributed by atoms with E-state index in [0.717, 1.165) is 5.56 Å². The molecule has 0 saturated carbocycles. The van der Waals surface area contributed by atoms with Crippen LogP contribution >= 0.6 is 0 Å². The molecule has 224 valence electrons. The molecule has 0 bridgehead atoms. The molecule has 0 aliphatic carbocycles. The highest BCUT2D eigenvalue weighted by molar-refractivity contribution is 5.94. The van der Waals surface area contributed by atoms with E-state index in [1.807, 2.05) is 19.9 Å². The second-order valence-corrected chi connectivity index (χ2v) is 10.3. The lowest BCUT2D eigenvalue weighted by Gasteiger charge is -2.26. The van der Waals surface area contributed by atoms with Crippen molar-refractivity contribution in [1.29, 1.82) is 0 Å². The molecule has 9 N–H and O–H groups in total. The number of phenolic OH excluding ortho intramolecular Hbond substituents is 1. The summed E-state index contributed by atoms with van der Waals surface area (Å²) in [5.41, 5.74) is 13.0. The maximum Gasteiger partial charge on any atom is 0.326 e. The number of benzene rings is 2. The summed E-state index contributed by atoms with van der Waals surface area (Å²) in [5, 5.41) is 27.3. The molecule has 5 atom stereocenters. The zero-order chi connectivity index (χ0) is 30.4. The molecule has 11 heteroatoms. The number of carbonyl (C=O) groups is 4. The fourth-order valence-corrected chi connectivity index (χ4v) is 4.21. The van der Waals surface area contributed by atoms with Gasteiger partial charge in [0.25, 0.3) is 0 Å². The van der Waals surface area contributed by atoms with E-state index in [1.165, 1.54) is 12.1 Å². The number of amides is 3. The lowest BCUT2D eigenvalue weighted by Crippen LogP contribution is -2.58. The zero-order valence-corrected chi connectivity index (χ0v) is 23.7. The SMILES string of the molecule is CCC(C)C(N)C(=O)NC(Cc1ccc(O)cc1)C(=O)NC(Cc1ccccc1)C(=O)NC(CCCCN)C(=O)O. The Bertz CT molecular complexity index is 1130. The number of phenols is 1. The molecule has 11 nitrogen and oxygen atoms in total. The monoisotopic (exact) mass is 569 g/mol. The van der Waals surface area contributed by atoms with Crippen LogP contribution in [-0.4, -0.2) is 64.6 Å². The van der Waals surface area contributed by atoms with Crippen LogP contribution in [0, 0.1) is 5.92 Å². The second-order valence-electron chi connectivity index (χ2n) is 10.3. The first-order valence-corrected chi connectivity index (χ1v) is 14.0. The third kappa shape index (κ3) is 11.2. The highest BCUT2D eigenvalue weighted by Crippen LogP contribution is 2.13. The largest absolute Gasteiger partial charge is 0.508 e. The van der Waals surface area contributed by atoms with Gasteiger partial charge in [0.1, 0.15) is 23.9 Å². The van der Waals surface area contributed by atoms with Crippen LogP contribution in [0.25, 0.3) is 0 Å². The minimum Gasteiger partial charge on any atom is -0.508 e. The van der Waals surface area contributed by atoms with Gasteiger partial charge in [0.2, 0.25) is 17.7 Å². The summed E-state index contributed by atoms with van der Waals surface area (Å²) in [6.07, 6.45) is 2.15. The minimum absolute atomic E-state index is 0.0524. The average Bonchev–Trinajstić information content (AvgIpc) is 2.96. The van der Waals surface area contributed by atoms with Crippen molar-refractivity contribution in [1.82, 2.24) is 16.0 Å². The average molecular weight is 570 g/mol. The maximum atomic E-state index is 13.6. The Kier molecular flexibility index (Phi) is 13.8. The van der Waals surface area contributed by atoms with E-state index in [1.54, 1.807) is 36.4 Å². The Balaban J connectivity index is 2.31. The summed E-state index contributed by atoms with van der Waals surface area (Å²) in [7, 11) is 0. The summed E-state index contributed by atoms with van der Waals surface area (Å²) in [5.74, 6) is -3.06. The summed E-state index contributed by atoms with van der Waals surface area (Å²) in [6, 6.07) is 11.0. The predicted molar refractivity (Wildman–Crippen MR) is 156 cm³/mol. The van der Waals surface area contributed by atoms with Crippen molar-refractivity contribution in [3.63, 3.8) is 0 Å². The molecule has 2 rings (SSSR count). The van der Waals surface area contributed by atoms with Crippen molar-refractivity contribution < 1.29 is 29.4 Å². The molecule has 0 aliphatic heterocycles. The van der Waals surface area contributed by atoms with Crippen LogP contribution in [0.4, 0.5) is 0 Å². The van der Waals surface area contributed by atoms with Crippen LogP contribution in [0.1, 0.15) is 50.7 Å². The number of aliphatic carboxylic acids is 1. The number of nitrogens with two attached hydrogens (primary N) is 2. The van der Waals surface area contributed by atoms with Gasteiger partial charge in [-0.25, -0.2) is 4.79 Å². The summed E-state index contributed by atoms with van der Waals surface area (Å²) >= 11 is 0. The molecule has 0 fully saturated rings. The summed E-state index contributed by atoms with van der Waals surface area (Å²) in [4.78, 5) is 51.8. The number of carbonyl (C=O) groups excluding carboxylic acids is 3. The second kappa shape index (κ2) is 17.0. The van der Waals surface area contributed by atoms with Gasteiger partial charge in [-0.3, -0.25) is 14.4 Å². The van der Waals surface area contributed by atoms with Gasteiger partial charge < -0.3 is 37.6 Å². The molecular weight excluding hydrogens is 526 g/mol. The van der Waals surface area contributed by atoms with E-state index in [2.05, 4.69) is 16.0 Å². The third-order valence-electron chi connectivity index (χ3n) is 7.05. The van der Waals surface area contributed by atoms with E-state index in [4.69, 9.17) is 11.5 Å². The Labute approximate surface area is 241 Å². The number of rotatable bonds is 17. The Hall–Kier alpha value is -3.96. The first kappa shape index (κ1) is 33.2. The van der Waals surface area contributed by atoms with Crippen LogP contribution in [0.2, 0.25) is 0 Å². The van der Waals surface area contributed by atoms with Crippen molar-refractivity contribution in [3.8, 4) is 5.75 Å². The molecule has 3 amide bonds. The van der Waals surface area contributed by atoms with Gasteiger partial charge in [0.05, 0.1) is 6.04 Å². The smallest absolute Gasteiger partial charge is 0.326 e. The van der Waals surface area contributed by atoms with Crippen LogP contribution in [0.15, 0.2) is 54.6 Å². The first-order valence-electron chi connectivity index (χ1n) is 14.0. The molecular formula is C30H43N5O6. The number of hydrogen-bond acceptors (Lipinski definition) is 7. The number of carboxylic acid groups (broad SMARTS) is 1. The van der Waals surface area contributed by atoms with Crippen molar-refractivity contribution >= 4 is 23.7 Å². The van der Waals surface area contributed by atoms with Crippen LogP contribution < -0.4 is 27.4 Å². The van der Waals surface area contributed by atoms with E-state index in [-0.39, 0.29) is 30.9 Å². The van der Waals surface area contributed by atoms with Gasteiger partial charge in [0.15, 0.2) is 0 Å². The highest BCUT2D eigenvalue weighted by atomic mass is 16.4. The third-order valence-corrected chi connectivity index (χ3v) is 7.05. The zero-order valence-electron chi connectivity index (χ0n) is 23.7. The van der Waals surface area contributed by atoms with Crippen LogP contribution in [0.3, 0.4) is 0 Å². The fourth-order valence-electron chi connectivity index (χ4n) is 4.21. The molecule has 0 aliphatic rings. The van der Waals surface area contributed by atoms with Crippen LogP contribution in [0.5, 0.6) is 5.75 Å². The molecule has 0 heterocycles. The lowest BCUT2D eigenvalue weighted by molar-refractivity contribution is -0.142. The Morgan fingerprint density at radius 1 is 0.780 bits per heavy atom. The topological polar surface area (TPSA) is 197 Å². The molecule has 0 aromatic heterocycles. The van der Waals surface area contributed by atoms with E-state index >= 15 is 0 Å². The molecule has 41 heavy (non-hydrogen) atoms. The normalized spacial score (nSPS) is 14.6. The first-order chi connectivity index (χ1) is 19.5. The lowest BCUT2D eigenvalue weighted by atomic mass is 9.98. The molecule has 2 aromatic carbocycles. The number of carboxylic acids is 1. The molecule has 0 saturated heterocycles. The van der Waals surface area contributed by atoms with Gasteiger partial charge in [-0.2, -0.15) is 0 Å². The van der Waals surface area contributed by atoms with Crippen molar-refractivity contribution in [2.24, 2.45) is 17.4 Å². The van der Waals surface area contributed by atoms with Crippen LogP contribution in [-0.2, 0) is 32.0 Å². The van der Waals surface area contributed by atoms with Crippen molar-refractivity contribution in [3.05, 3.63) is 65.7 Å². The van der Waals surface area contributed by atoms with Gasteiger partial charge in [0, 0.05) is 12.8 Å². The molecule has 0 spiro atoms. The summed E-state index contributed by atoms with van der Waals surface area (Å²) in [6.45, 7) is 4.15. The number of unbranched alkanes of at least 4 members (excludes halogenated alkanes) is 1. The molecule has 2 aromatic rings. The van der Waals surface area contributed by atoms with Gasteiger partial charge in [-0.1, -0.05) is 62.7 Å². The van der Waals surface area contributed by atoms with Gasteiger partial charge in [-0.15, -0.1) is 0 Å². The number of nitrogens with one attached hydrogen (secondary N) is 3. The van der Waals surface area contributed by atoms with Gasteiger partial charge in [-0.05, 0) is 55.0 Å². The number of aromatic hydroxyl groups is 1. The van der Waals surface area contributed by atoms with E-state index < -0.39 is 47.9 Å². The van der Waals surface area contributed by atoms with Gasteiger partial charge >= 0.3 is 5.97 Å². The van der Waals surface area contributed by atoms with Crippen molar-refractivity contribution in [2.75, 3.05) is 6.54 Å². The fraction of sp³-hybridized carbons (Fsp3) is 0.467. The van der Waals surface area contributed by atoms with E-state index in [9.17, 15) is 29.4 Å².